The van der Waals surface area contributed by atoms with E-state index in [4.69, 9.17) is 4.74 Å². The van der Waals surface area contributed by atoms with Gasteiger partial charge in [0.1, 0.15) is 62.9 Å². The van der Waals surface area contributed by atoms with Crippen molar-refractivity contribution in [3.63, 3.8) is 0 Å². The molecule has 0 spiro atoms. The summed E-state index contributed by atoms with van der Waals surface area (Å²) in [4.78, 5) is 51.8. The highest BCUT2D eigenvalue weighted by Crippen LogP contribution is 2.59. The van der Waals surface area contributed by atoms with Crippen molar-refractivity contribution in [3.8, 4) is 34.5 Å². The summed E-state index contributed by atoms with van der Waals surface area (Å²) < 4.78 is 5.96. The fourth-order valence-electron chi connectivity index (χ4n) is 5.49. The molecule has 0 amide bonds. The molecule has 0 radical (unpaired) electrons. The Morgan fingerprint density at radius 3 is 1.43 bits per heavy atom. The minimum atomic E-state index is -1.85. The molecular formula is C31H38O11. The Morgan fingerprint density at radius 2 is 1.05 bits per heavy atom. The molecule has 0 saturated heterocycles. The first-order valence-corrected chi connectivity index (χ1v) is 13.6. The molecule has 42 heavy (non-hydrogen) atoms. The number of rotatable bonds is 10. The van der Waals surface area contributed by atoms with E-state index in [1.165, 1.54) is 13.8 Å². The van der Waals surface area contributed by atoms with Gasteiger partial charge in [0.2, 0.25) is 0 Å². The maximum absolute atomic E-state index is 13.2. The topological polar surface area (TPSA) is 199 Å². The number of benzene rings is 2. The number of aliphatic hydroxyl groups is 1. The first-order valence-electron chi connectivity index (χ1n) is 13.6. The molecule has 2 aromatic carbocycles. The smallest absolute Gasteiger partial charge is 0.170 e. The second-order valence-electron chi connectivity index (χ2n) is 12.2. The van der Waals surface area contributed by atoms with Crippen LogP contribution in [0.5, 0.6) is 34.5 Å². The van der Waals surface area contributed by atoms with Gasteiger partial charge in [0.05, 0.1) is 11.5 Å². The van der Waals surface area contributed by atoms with Crippen LogP contribution in [0.3, 0.4) is 0 Å². The van der Waals surface area contributed by atoms with E-state index in [0.717, 1.165) is 13.8 Å². The van der Waals surface area contributed by atoms with Gasteiger partial charge < -0.3 is 35.4 Å². The van der Waals surface area contributed by atoms with Crippen molar-refractivity contribution in [3.05, 3.63) is 33.4 Å². The Balaban J connectivity index is 2.59. The van der Waals surface area contributed by atoms with Crippen molar-refractivity contribution < 1.29 is 54.6 Å². The zero-order chi connectivity index (χ0) is 32.2. The Labute approximate surface area is 243 Å². The summed E-state index contributed by atoms with van der Waals surface area (Å²) in [7, 11) is 0. The third-order valence-electron chi connectivity index (χ3n) is 7.21. The van der Waals surface area contributed by atoms with Gasteiger partial charge in [-0.05, 0) is 39.5 Å². The second-order valence-corrected chi connectivity index (χ2v) is 12.2. The van der Waals surface area contributed by atoms with Crippen LogP contribution in [0.2, 0.25) is 0 Å². The predicted molar refractivity (Wildman–Crippen MR) is 151 cm³/mol. The van der Waals surface area contributed by atoms with E-state index in [-0.39, 0.29) is 30.2 Å². The van der Waals surface area contributed by atoms with E-state index in [9.17, 15) is 49.8 Å². The highest BCUT2D eigenvalue weighted by Gasteiger charge is 2.52. The number of phenolic OH excluding ortho intramolecular Hbond substituents is 5. The van der Waals surface area contributed by atoms with Crippen LogP contribution in [0.25, 0.3) is 0 Å². The van der Waals surface area contributed by atoms with E-state index < -0.39 is 103 Å². The summed E-state index contributed by atoms with van der Waals surface area (Å²) in [5.74, 6) is -10.1. The minimum Gasteiger partial charge on any atom is -0.507 e. The quantitative estimate of drug-likeness (QED) is 0.210. The van der Waals surface area contributed by atoms with Crippen LogP contribution in [0, 0.1) is 11.8 Å². The lowest BCUT2D eigenvalue weighted by molar-refractivity contribution is -0.0302. The highest BCUT2D eigenvalue weighted by atomic mass is 16.5. The Bertz CT molecular complexity index is 1490. The first kappa shape index (κ1) is 32.4. The van der Waals surface area contributed by atoms with Gasteiger partial charge in [-0.25, -0.2) is 0 Å². The van der Waals surface area contributed by atoms with Gasteiger partial charge in [-0.3, -0.25) is 19.2 Å². The number of hydrogen-bond donors (Lipinski definition) is 6. The molecule has 2 aromatic rings. The monoisotopic (exact) mass is 586 g/mol. The number of ether oxygens (including phenoxy) is 1. The molecule has 11 heteroatoms. The molecule has 6 N–H and O–H groups in total. The van der Waals surface area contributed by atoms with Gasteiger partial charge in [-0.15, -0.1) is 0 Å². The van der Waals surface area contributed by atoms with Gasteiger partial charge in [-0.1, -0.05) is 27.7 Å². The summed E-state index contributed by atoms with van der Waals surface area (Å²) in [6.45, 7) is 11.6. The molecule has 1 aliphatic heterocycles. The van der Waals surface area contributed by atoms with Crippen LogP contribution in [0.15, 0.2) is 0 Å². The molecule has 0 saturated carbocycles. The fourth-order valence-corrected chi connectivity index (χ4v) is 5.49. The number of fused-ring (bicyclic) bond motifs is 1. The SMILES string of the molecule is CC(=O)c1c(O)c(C(=O)CC(C)C)c(O)c(C2c3c(O)c(C(=O)CC(C)C)c(O)c(C(C)=O)c3OC2C(C)(C)O)c1O. The zero-order valence-electron chi connectivity index (χ0n) is 24.9. The van der Waals surface area contributed by atoms with Gasteiger partial charge >= 0.3 is 0 Å². The van der Waals surface area contributed by atoms with Gasteiger partial charge in [0, 0.05) is 24.0 Å². The third-order valence-corrected chi connectivity index (χ3v) is 7.21. The molecule has 3 rings (SSSR count). The number of aromatic hydroxyl groups is 5. The lowest BCUT2D eigenvalue weighted by Crippen LogP contribution is -2.42. The molecule has 1 aliphatic rings. The van der Waals surface area contributed by atoms with Crippen molar-refractivity contribution in [2.24, 2.45) is 11.8 Å². The summed E-state index contributed by atoms with van der Waals surface area (Å²) in [6.07, 6.45) is -1.80. The maximum atomic E-state index is 13.2. The van der Waals surface area contributed by atoms with Crippen LogP contribution in [-0.2, 0) is 0 Å². The second kappa shape index (κ2) is 11.3. The van der Waals surface area contributed by atoms with Gasteiger partial charge in [0.25, 0.3) is 0 Å². The summed E-state index contributed by atoms with van der Waals surface area (Å²) in [5, 5.41) is 67.4. The summed E-state index contributed by atoms with van der Waals surface area (Å²) >= 11 is 0. The number of carbonyl (C=O) groups is 4. The van der Waals surface area contributed by atoms with Crippen LogP contribution in [0.4, 0.5) is 0 Å². The number of ketones is 4. The van der Waals surface area contributed by atoms with Crippen molar-refractivity contribution in [2.45, 2.75) is 85.9 Å². The van der Waals surface area contributed by atoms with Crippen molar-refractivity contribution in [1.82, 2.24) is 0 Å². The average molecular weight is 587 g/mol. The Morgan fingerprint density at radius 1 is 0.667 bits per heavy atom. The number of Topliss-reactive ketones (excluding diaryl/α,β-unsaturated/α-hetero) is 4. The van der Waals surface area contributed by atoms with E-state index in [0.29, 0.717) is 0 Å². The highest BCUT2D eigenvalue weighted by molar-refractivity contribution is 6.11. The van der Waals surface area contributed by atoms with Crippen molar-refractivity contribution in [1.29, 1.82) is 0 Å². The van der Waals surface area contributed by atoms with Gasteiger partial charge in [0.15, 0.2) is 23.1 Å². The normalized spacial score (nSPS) is 16.5. The molecule has 0 aromatic heterocycles. The summed E-state index contributed by atoms with van der Waals surface area (Å²) in [6, 6.07) is 0. The number of phenols is 5. The van der Waals surface area contributed by atoms with E-state index in [1.54, 1.807) is 27.7 Å². The lowest BCUT2D eigenvalue weighted by Gasteiger charge is -2.31. The Hall–Kier alpha value is -4.12. The van der Waals surface area contributed by atoms with Gasteiger partial charge in [-0.2, -0.15) is 0 Å². The van der Waals surface area contributed by atoms with Crippen LogP contribution >= 0.6 is 0 Å². The molecule has 1 heterocycles. The predicted octanol–water partition coefficient (Wildman–Crippen LogP) is 4.74. The number of carbonyl (C=O) groups excluding carboxylic acids is 4. The fraction of sp³-hybridized carbons (Fsp3) is 0.484. The molecule has 11 nitrogen and oxygen atoms in total. The molecular weight excluding hydrogens is 548 g/mol. The van der Waals surface area contributed by atoms with E-state index in [1.807, 2.05) is 0 Å². The maximum Gasteiger partial charge on any atom is 0.170 e. The van der Waals surface area contributed by atoms with Crippen molar-refractivity contribution in [2.75, 3.05) is 0 Å². The van der Waals surface area contributed by atoms with Crippen molar-refractivity contribution >= 4 is 23.1 Å². The molecule has 2 atom stereocenters. The first-order chi connectivity index (χ1) is 19.2. The summed E-state index contributed by atoms with van der Waals surface area (Å²) in [5.41, 5.74) is -5.19. The standard InChI is InChI=1S/C31H38O11/c1-11(2)9-15(34)19-24(36)17(13(5)32)25(37)22(27(19)39)21-23-28(40)20(16(35)10-12(3)4)26(38)18(14(6)33)29(23)42-30(21)31(7,8)41/h11-12,21,30,36-41H,9-10H2,1-8H3. The van der Waals surface area contributed by atoms with E-state index in [2.05, 4.69) is 0 Å². The molecule has 0 fully saturated rings. The van der Waals surface area contributed by atoms with Crippen LogP contribution in [-0.4, -0.2) is 65.5 Å². The third kappa shape index (κ3) is 5.40. The molecule has 0 bridgehead atoms. The van der Waals surface area contributed by atoms with E-state index >= 15 is 0 Å². The zero-order valence-corrected chi connectivity index (χ0v) is 24.9. The number of hydrogen-bond acceptors (Lipinski definition) is 11. The molecule has 0 aliphatic carbocycles. The Kier molecular flexibility index (Phi) is 8.70. The lowest BCUT2D eigenvalue weighted by atomic mass is 9.77. The minimum absolute atomic E-state index is 0.129. The van der Waals surface area contributed by atoms with Crippen LogP contribution < -0.4 is 4.74 Å². The average Bonchev–Trinajstić information content (AvgIpc) is 3.18. The van der Waals surface area contributed by atoms with Crippen LogP contribution in [0.1, 0.15) is 127 Å². The molecule has 2 unspecified atom stereocenters. The molecule has 228 valence electrons. The largest absolute Gasteiger partial charge is 0.507 e.